The third-order valence-corrected chi connectivity index (χ3v) is 2.14. The fraction of sp³-hybridized carbons (Fsp3) is 0.455. The second-order valence-corrected chi connectivity index (χ2v) is 3.51. The monoisotopic (exact) mass is 189 g/mol. The summed E-state index contributed by atoms with van der Waals surface area (Å²) in [6.45, 7) is 5.48. The van der Waals surface area contributed by atoms with Crippen molar-refractivity contribution >= 4 is 0 Å². The number of aromatic nitrogens is 1. The van der Waals surface area contributed by atoms with Gasteiger partial charge in [0, 0.05) is 25.0 Å². The summed E-state index contributed by atoms with van der Waals surface area (Å²) in [5, 5.41) is 8.66. The van der Waals surface area contributed by atoms with E-state index in [2.05, 4.69) is 29.8 Å². The van der Waals surface area contributed by atoms with Gasteiger partial charge in [0.2, 0.25) is 0 Å². The number of nitriles is 1. The maximum absolute atomic E-state index is 8.66. The molecule has 0 bridgehead atoms. The molecule has 0 unspecified atom stereocenters. The predicted octanol–water partition coefficient (Wildman–Crippen LogP) is 1.82. The summed E-state index contributed by atoms with van der Waals surface area (Å²) in [7, 11) is 0. The lowest BCUT2D eigenvalue weighted by atomic mass is 10.2. The van der Waals surface area contributed by atoms with Gasteiger partial charge < -0.3 is 0 Å². The van der Waals surface area contributed by atoms with Gasteiger partial charge in [-0.05, 0) is 31.5 Å². The van der Waals surface area contributed by atoms with Crippen molar-refractivity contribution in [1.29, 1.82) is 5.26 Å². The molecule has 0 fully saturated rings. The Morgan fingerprint density at radius 2 is 2.07 bits per heavy atom. The Labute approximate surface area is 85.0 Å². The molecule has 0 radical (unpaired) electrons. The average molecular weight is 189 g/mol. The Balaban J connectivity index is 2.61. The molecule has 0 amide bonds. The highest BCUT2D eigenvalue weighted by Crippen LogP contribution is 2.06. The van der Waals surface area contributed by atoms with Crippen molar-refractivity contribution in [2.75, 3.05) is 6.54 Å². The highest BCUT2D eigenvalue weighted by Gasteiger charge is 2.08. The van der Waals surface area contributed by atoms with Gasteiger partial charge >= 0.3 is 0 Å². The van der Waals surface area contributed by atoms with Gasteiger partial charge in [0.05, 0.1) is 12.6 Å². The Kier molecular flexibility index (Phi) is 4.09. The summed E-state index contributed by atoms with van der Waals surface area (Å²) in [5.41, 5.74) is 1.20. The first-order chi connectivity index (χ1) is 6.74. The van der Waals surface area contributed by atoms with Crippen LogP contribution in [0.2, 0.25) is 0 Å². The van der Waals surface area contributed by atoms with Gasteiger partial charge in [-0.2, -0.15) is 5.26 Å². The zero-order valence-electron chi connectivity index (χ0n) is 8.64. The molecule has 0 aliphatic heterocycles. The van der Waals surface area contributed by atoms with Crippen molar-refractivity contribution in [2.45, 2.75) is 26.4 Å². The first-order valence-corrected chi connectivity index (χ1v) is 4.74. The maximum Gasteiger partial charge on any atom is 0.0871 e. The zero-order chi connectivity index (χ0) is 10.4. The van der Waals surface area contributed by atoms with Gasteiger partial charge in [-0.3, -0.25) is 9.88 Å². The fourth-order valence-corrected chi connectivity index (χ4v) is 1.23. The third kappa shape index (κ3) is 3.15. The SMILES string of the molecule is CC(C)N(CC#N)Cc1ccncc1. The van der Waals surface area contributed by atoms with Crippen LogP contribution < -0.4 is 0 Å². The van der Waals surface area contributed by atoms with Gasteiger partial charge in [-0.1, -0.05) is 0 Å². The quantitative estimate of drug-likeness (QED) is 0.678. The molecule has 1 heterocycles. The summed E-state index contributed by atoms with van der Waals surface area (Å²) in [6.07, 6.45) is 3.56. The molecule has 0 N–H and O–H groups in total. The summed E-state index contributed by atoms with van der Waals surface area (Å²) in [6, 6.07) is 6.53. The molecule has 14 heavy (non-hydrogen) atoms. The second-order valence-electron chi connectivity index (χ2n) is 3.51. The third-order valence-electron chi connectivity index (χ3n) is 2.14. The van der Waals surface area contributed by atoms with E-state index in [4.69, 9.17) is 5.26 Å². The molecule has 0 aliphatic rings. The van der Waals surface area contributed by atoms with E-state index in [0.717, 1.165) is 6.54 Å². The molecule has 0 spiro atoms. The van der Waals surface area contributed by atoms with Crippen molar-refractivity contribution in [1.82, 2.24) is 9.88 Å². The minimum absolute atomic E-state index is 0.391. The number of hydrogen-bond acceptors (Lipinski definition) is 3. The van der Waals surface area contributed by atoms with Gasteiger partial charge in [0.1, 0.15) is 0 Å². The highest BCUT2D eigenvalue weighted by molar-refractivity contribution is 5.09. The van der Waals surface area contributed by atoms with Crippen LogP contribution in [0.25, 0.3) is 0 Å². The van der Waals surface area contributed by atoms with Crippen molar-refractivity contribution in [3.05, 3.63) is 30.1 Å². The Hall–Kier alpha value is -1.40. The van der Waals surface area contributed by atoms with E-state index in [1.54, 1.807) is 12.4 Å². The average Bonchev–Trinajstić information content (AvgIpc) is 2.18. The van der Waals surface area contributed by atoms with E-state index in [0.29, 0.717) is 12.6 Å². The minimum atomic E-state index is 0.391. The van der Waals surface area contributed by atoms with Gasteiger partial charge in [0.25, 0.3) is 0 Å². The van der Waals surface area contributed by atoms with Crippen molar-refractivity contribution in [3.63, 3.8) is 0 Å². The van der Waals surface area contributed by atoms with Gasteiger partial charge in [-0.15, -0.1) is 0 Å². The smallest absolute Gasteiger partial charge is 0.0871 e. The maximum atomic E-state index is 8.66. The van der Waals surface area contributed by atoms with Gasteiger partial charge in [0.15, 0.2) is 0 Å². The molecular weight excluding hydrogens is 174 g/mol. The Morgan fingerprint density at radius 3 is 2.57 bits per heavy atom. The van der Waals surface area contributed by atoms with E-state index in [9.17, 15) is 0 Å². The molecule has 0 aliphatic carbocycles. The summed E-state index contributed by atoms with van der Waals surface area (Å²) < 4.78 is 0. The van der Waals surface area contributed by atoms with E-state index in [1.807, 2.05) is 12.1 Å². The zero-order valence-corrected chi connectivity index (χ0v) is 8.64. The molecule has 74 valence electrons. The molecule has 3 heteroatoms. The first-order valence-electron chi connectivity index (χ1n) is 4.74. The molecule has 0 aromatic carbocycles. The van der Waals surface area contributed by atoms with E-state index in [-0.39, 0.29) is 0 Å². The molecule has 1 aromatic heterocycles. The van der Waals surface area contributed by atoms with Crippen LogP contribution in [-0.4, -0.2) is 22.5 Å². The van der Waals surface area contributed by atoms with Crippen molar-refractivity contribution in [2.24, 2.45) is 0 Å². The highest BCUT2D eigenvalue weighted by atomic mass is 15.1. The molecule has 3 nitrogen and oxygen atoms in total. The van der Waals surface area contributed by atoms with Crippen LogP contribution in [0, 0.1) is 11.3 Å². The Bertz CT molecular complexity index is 300. The van der Waals surface area contributed by atoms with E-state index < -0.39 is 0 Å². The Morgan fingerprint density at radius 1 is 1.43 bits per heavy atom. The summed E-state index contributed by atoms with van der Waals surface area (Å²) in [5.74, 6) is 0. The normalized spacial score (nSPS) is 10.5. The largest absolute Gasteiger partial charge is 0.284 e. The van der Waals surface area contributed by atoms with Crippen LogP contribution in [0.1, 0.15) is 19.4 Å². The summed E-state index contributed by atoms with van der Waals surface area (Å²) in [4.78, 5) is 6.08. The molecule has 0 saturated carbocycles. The molecule has 1 aromatic rings. The predicted molar refractivity (Wildman–Crippen MR) is 55.4 cm³/mol. The van der Waals surface area contributed by atoms with Crippen molar-refractivity contribution in [3.8, 4) is 6.07 Å². The number of pyridine rings is 1. The number of rotatable bonds is 4. The number of hydrogen-bond donors (Lipinski definition) is 0. The molecule has 0 saturated heterocycles. The fourth-order valence-electron chi connectivity index (χ4n) is 1.23. The first kappa shape index (κ1) is 10.7. The van der Waals surface area contributed by atoms with E-state index >= 15 is 0 Å². The van der Waals surface area contributed by atoms with Crippen LogP contribution in [0.4, 0.5) is 0 Å². The molecular formula is C11H15N3. The van der Waals surface area contributed by atoms with Crippen LogP contribution in [0.5, 0.6) is 0 Å². The van der Waals surface area contributed by atoms with Crippen LogP contribution >= 0.6 is 0 Å². The lowest BCUT2D eigenvalue weighted by molar-refractivity contribution is 0.240. The standard InChI is InChI=1S/C11H15N3/c1-10(2)14(8-5-12)9-11-3-6-13-7-4-11/h3-4,6-7,10H,8-9H2,1-2H3. The second kappa shape index (κ2) is 5.36. The lowest BCUT2D eigenvalue weighted by Gasteiger charge is -2.23. The topological polar surface area (TPSA) is 39.9 Å². The van der Waals surface area contributed by atoms with Crippen molar-refractivity contribution < 1.29 is 0 Å². The minimum Gasteiger partial charge on any atom is -0.284 e. The van der Waals surface area contributed by atoms with Crippen LogP contribution in [-0.2, 0) is 6.54 Å². The number of nitrogens with zero attached hydrogens (tertiary/aromatic N) is 3. The van der Waals surface area contributed by atoms with Crippen LogP contribution in [0.15, 0.2) is 24.5 Å². The van der Waals surface area contributed by atoms with Crippen LogP contribution in [0.3, 0.4) is 0 Å². The molecule has 1 rings (SSSR count). The van der Waals surface area contributed by atoms with Gasteiger partial charge in [-0.25, -0.2) is 0 Å². The van der Waals surface area contributed by atoms with E-state index in [1.165, 1.54) is 5.56 Å². The summed E-state index contributed by atoms with van der Waals surface area (Å²) >= 11 is 0. The lowest BCUT2D eigenvalue weighted by Crippen LogP contribution is -2.30. The molecule has 0 atom stereocenters.